The molecule has 3 aromatic rings. The SMILES string of the molecule is O=c1[nH]c(-c2cccnc2)nc2c1CCN(Cc1cc(O)ccc1O)C2. The molecule has 0 spiro atoms. The van der Waals surface area contributed by atoms with Gasteiger partial charge in [0.25, 0.3) is 5.56 Å². The van der Waals surface area contributed by atoms with Gasteiger partial charge in [-0.1, -0.05) is 0 Å². The van der Waals surface area contributed by atoms with E-state index in [1.54, 1.807) is 24.5 Å². The second-order valence-electron chi connectivity index (χ2n) is 6.36. The molecule has 0 atom stereocenters. The third-order valence-corrected chi connectivity index (χ3v) is 4.54. The molecule has 7 heteroatoms. The Hall–Kier alpha value is -3.19. The van der Waals surface area contributed by atoms with Crippen molar-refractivity contribution in [1.82, 2.24) is 19.9 Å². The number of aromatic amines is 1. The van der Waals surface area contributed by atoms with E-state index in [1.807, 2.05) is 6.07 Å². The molecule has 0 bridgehead atoms. The Kier molecular flexibility index (Phi) is 4.14. The molecule has 0 radical (unpaired) electrons. The highest BCUT2D eigenvalue weighted by atomic mass is 16.3. The minimum absolute atomic E-state index is 0.114. The number of pyridine rings is 1. The third kappa shape index (κ3) is 3.16. The molecular formula is C19H18N4O3. The van der Waals surface area contributed by atoms with Gasteiger partial charge in [-0.25, -0.2) is 4.98 Å². The summed E-state index contributed by atoms with van der Waals surface area (Å²) in [6.45, 7) is 1.65. The Morgan fingerprint density at radius 3 is 2.92 bits per heavy atom. The lowest BCUT2D eigenvalue weighted by atomic mass is 10.0. The normalized spacial score (nSPS) is 14.2. The summed E-state index contributed by atoms with van der Waals surface area (Å²) in [5.41, 5.74) is 2.72. The van der Waals surface area contributed by atoms with E-state index >= 15 is 0 Å². The van der Waals surface area contributed by atoms with Gasteiger partial charge in [0.15, 0.2) is 0 Å². The van der Waals surface area contributed by atoms with Gasteiger partial charge in [-0.2, -0.15) is 0 Å². The topological polar surface area (TPSA) is 102 Å². The molecule has 3 N–H and O–H groups in total. The quantitative estimate of drug-likeness (QED) is 0.623. The van der Waals surface area contributed by atoms with Gasteiger partial charge in [-0.15, -0.1) is 0 Å². The lowest BCUT2D eigenvalue weighted by Gasteiger charge is -2.28. The van der Waals surface area contributed by atoms with E-state index in [0.717, 1.165) is 11.3 Å². The fraction of sp³-hybridized carbons (Fsp3) is 0.211. The van der Waals surface area contributed by atoms with Crippen molar-refractivity contribution in [3.8, 4) is 22.9 Å². The van der Waals surface area contributed by atoms with Crippen molar-refractivity contribution in [2.45, 2.75) is 19.5 Å². The van der Waals surface area contributed by atoms with Crippen LogP contribution >= 0.6 is 0 Å². The van der Waals surface area contributed by atoms with E-state index in [-0.39, 0.29) is 17.1 Å². The van der Waals surface area contributed by atoms with Crippen LogP contribution in [0.15, 0.2) is 47.5 Å². The number of nitrogens with zero attached hydrogens (tertiary/aromatic N) is 3. The first-order valence-corrected chi connectivity index (χ1v) is 8.36. The summed E-state index contributed by atoms with van der Waals surface area (Å²) in [6.07, 6.45) is 3.92. The summed E-state index contributed by atoms with van der Waals surface area (Å²) in [4.78, 5) is 26.0. The monoisotopic (exact) mass is 350 g/mol. The maximum absolute atomic E-state index is 12.4. The van der Waals surface area contributed by atoms with Gasteiger partial charge in [-0.3, -0.25) is 14.7 Å². The summed E-state index contributed by atoms with van der Waals surface area (Å²) in [7, 11) is 0. The van der Waals surface area contributed by atoms with E-state index in [1.165, 1.54) is 12.1 Å². The van der Waals surface area contributed by atoms with Crippen LogP contribution in [0.5, 0.6) is 11.5 Å². The van der Waals surface area contributed by atoms with Crippen molar-refractivity contribution in [2.75, 3.05) is 6.54 Å². The Bertz CT molecular complexity index is 1000. The van der Waals surface area contributed by atoms with Crippen molar-refractivity contribution in [3.63, 3.8) is 0 Å². The minimum Gasteiger partial charge on any atom is -0.508 e. The molecule has 26 heavy (non-hydrogen) atoms. The molecule has 1 aliphatic heterocycles. The van der Waals surface area contributed by atoms with Crippen LogP contribution in [0.3, 0.4) is 0 Å². The number of fused-ring (bicyclic) bond motifs is 1. The Morgan fingerprint density at radius 1 is 1.23 bits per heavy atom. The van der Waals surface area contributed by atoms with Gasteiger partial charge in [0.1, 0.15) is 17.3 Å². The van der Waals surface area contributed by atoms with Gasteiger partial charge >= 0.3 is 0 Å². The largest absolute Gasteiger partial charge is 0.508 e. The van der Waals surface area contributed by atoms with E-state index in [2.05, 4.69) is 19.9 Å². The van der Waals surface area contributed by atoms with Crippen LogP contribution in [-0.2, 0) is 19.5 Å². The number of H-pyrrole nitrogens is 1. The zero-order chi connectivity index (χ0) is 18.1. The van der Waals surface area contributed by atoms with Crippen molar-refractivity contribution in [3.05, 3.63) is 69.9 Å². The number of aromatic nitrogens is 3. The smallest absolute Gasteiger partial charge is 0.254 e. The van der Waals surface area contributed by atoms with Gasteiger partial charge in [0.05, 0.1) is 5.69 Å². The zero-order valence-corrected chi connectivity index (χ0v) is 14.0. The van der Waals surface area contributed by atoms with Crippen molar-refractivity contribution in [1.29, 1.82) is 0 Å². The first-order valence-electron chi connectivity index (χ1n) is 8.36. The fourth-order valence-electron chi connectivity index (χ4n) is 3.21. The number of hydrogen-bond donors (Lipinski definition) is 3. The summed E-state index contributed by atoms with van der Waals surface area (Å²) in [5.74, 6) is 0.760. The summed E-state index contributed by atoms with van der Waals surface area (Å²) < 4.78 is 0. The standard InChI is InChI=1S/C19H18N4O3/c24-14-3-4-17(25)13(8-14)10-23-7-5-15-16(11-23)21-18(22-19(15)26)12-2-1-6-20-9-12/h1-4,6,8-9,24-25H,5,7,10-11H2,(H,21,22,26). The second-order valence-corrected chi connectivity index (χ2v) is 6.36. The molecule has 0 saturated carbocycles. The van der Waals surface area contributed by atoms with Gasteiger partial charge < -0.3 is 15.2 Å². The number of nitrogens with one attached hydrogen (secondary N) is 1. The molecule has 0 amide bonds. The number of aromatic hydroxyl groups is 2. The number of benzene rings is 1. The summed E-state index contributed by atoms with van der Waals surface area (Å²) >= 11 is 0. The van der Waals surface area contributed by atoms with Crippen LogP contribution in [0, 0.1) is 0 Å². The highest BCUT2D eigenvalue weighted by Gasteiger charge is 2.22. The molecule has 2 aromatic heterocycles. The lowest BCUT2D eigenvalue weighted by molar-refractivity contribution is 0.237. The van der Waals surface area contributed by atoms with Crippen LogP contribution in [0.2, 0.25) is 0 Å². The summed E-state index contributed by atoms with van der Waals surface area (Å²) in [5, 5.41) is 19.6. The van der Waals surface area contributed by atoms with Crippen LogP contribution in [0.1, 0.15) is 16.8 Å². The predicted molar refractivity (Wildman–Crippen MR) is 95.7 cm³/mol. The molecule has 132 valence electrons. The second kappa shape index (κ2) is 6.61. The molecule has 7 nitrogen and oxygen atoms in total. The minimum atomic E-state index is -0.117. The van der Waals surface area contributed by atoms with Crippen LogP contribution in [0.4, 0.5) is 0 Å². The van der Waals surface area contributed by atoms with E-state index < -0.39 is 0 Å². The maximum Gasteiger partial charge on any atom is 0.254 e. The lowest BCUT2D eigenvalue weighted by Crippen LogP contribution is -2.35. The molecule has 1 aliphatic rings. The average Bonchev–Trinajstić information content (AvgIpc) is 2.65. The fourth-order valence-corrected chi connectivity index (χ4v) is 3.21. The number of phenols is 2. The molecule has 0 aliphatic carbocycles. The Morgan fingerprint density at radius 2 is 2.12 bits per heavy atom. The molecule has 0 saturated heterocycles. The average molecular weight is 350 g/mol. The van der Waals surface area contributed by atoms with E-state index in [9.17, 15) is 15.0 Å². The number of rotatable bonds is 3. The van der Waals surface area contributed by atoms with Crippen molar-refractivity contribution >= 4 is 0 Å². The first kappa shape index (κ1) is 16.3. The molecule has 1 aromatic carbocycles. The van der Waals surface area contributed by atoms with Crippen LogP contribution in [-0.4, -0.2) is 36.6 Å². The molecule has 0 unspecified atom stereocenters. The van der Waals surface area contributed by atoms with Gasteiger partial charge in [0, 0.05) is 48.7 Å². The molecule has 3 heterocycles. The molecule has 0 fully saturated rings. The van der Waals surface area contributed by atoms with Gasteiger partial charge in [-0.05, 0) is 36.8 Å². The predicted octanol–water partition coefficient (Wildman–Crippen LogP) is 1.80. The number of hydrogen-bond acceptors (Lipinski definition) is 6. The van der Waals surface area contributed by atoms with Crippen molar-refractivity contribution < 1.29 is 10.2 Å². The highest BCUT2D eigenvalue weighted by Crippen LogP contribution is 2.26. The highest BCUT2D eigenvalue weighted by molar-refractivity contribution is 5.53. The number of phenolic OH excluding ortho intramolecular Hbond substituents is 2. The Balaban J connectivity index is 1.62. The zero-order valence-electron chi connectivity index (χ0n) is 14.0. The molecular weight excluding hydrogens is 332 g/mol. The maximum atomic E-state index is 12.4. The molecule has 4 rings (SSSR count). The van der Waals surface area contributed by atoms with E-state index in [4.69, 9.17) is 0 Å². The third-order valence-electron chi connectivity index (χ3n) is 4.54. The first-order chi connectivity index (χ1) is 12.6. The summed E-state index contributed by atoms with van der Waals surface area (Å²) in [6, 6.07) is 8.13. The van der Waals surface area contributed by atoms with Gasteiger partial charge in [0.2, 0.25) is 0 Å². The van der Waals surface area contributed by atoms with Crippen LogP contribution in [0.25, 0.3) is 11.4 Å². The Labute approximate surface area is 149 Å². The van der Waals surface area contributed by atoms with E-state index in [0.29, 0.717) is 43.0 Å². The van der Waals surface area contributed by atoms with Crippen molar-refractivity contribution in [2.24, 2.45) is 0 Å². The van der Waals surface area contributed by atoms with Crippen LogP contribution < -0.4 is 5.56 Å².